The van der Waals surface area contributed by atoms with E-state index >= 15 is 0 Å². The van der Waals surface area contributed by atoms with E-state index < -0.39 is 0 Å². The number of hydrogen-bond donors (Lipinski definition) is 2. The molecule has 4 nitrogen and oxygen atoms in total. The average molecular weight is 380 g/mol. The molecule has 2 aliphatic rings. The quantitative estimate of drug-likeness (QED) is 0.396. The molecule has 0 aromatic carbocycles. The van der Waals surface area contributed by atoms with E-state index in [0.29, 0.717) is 0 Å². The van der Waals surface area contributed by atoms with Crippen LogP contribution in [0.25, 0.3) is 0 Å². The SMILES string of the molecule is CN(C)C1CC(CNCCNC2CCN(I)CC2)C1. The van der Waals surface area contributed by atoms with Crippen molar-refractivity contribution in [3.63, 3.8) is 0 Å². The molecular formula is C14H29IN4. The molecule has 1 saturated carbocycles. The summed E-state index contributed by atoms with van der Waals surface area (Å²) in [6.45, 7) is 5.92. The minimum atomic E-state index is 0.745. The van der Waals surface area contributed by atoms with Crippen LogP contribution in [0.3, 0.4) is 0 Å². The van der Waals surface area contributed by atoms with Crippen LogP contribution in [0, 0.1) is 5.92 Å². The molecule has 0 aromatic heterocycles. The van der Waals surface area contributed by atoms with Gasteiger partial charge in [0.15, 0.2) is 0 Å². The molecule has 1 aliphatic heterocycles. The number of rotatable bonds is 7. The zero-order chi connectivity index (χ0) is 13.7. The van der Waals surface area contributed by atoms with Gasteiger partial charge in [-0.05, 0) is 52.2 Å². The Morgan fingerprint density at radius 1 is 1.16 bits per heavy atom. The fourth-order valence-electron chi connectivity index (χ4n) is 3.01. The summed E-state index contributed by atoms with van der Waals surface area (Å²) in [5.74, 6) is 0.912. The lowest BCUT2D eigenvalue weighted by Crippen LogP contribution is -2.45. The molecule has 0 spiro atoms. The summed E-state index contributed by atoms with van der Waals surface area (Å²) < 4.78 is 2.39. The van der Waals surface area contributed by atoms with Crippen molar-refractivity contribution in [3.8, 4) is 0 Å². The second-order valence-corrected chi connectivity index (χ2v) is 7.66. The third-order valence-electron chi connectivity index (χ3n) is 4.55. The highest BCUT2D eigenvalue weighted by molar-refractivity contribution is 14.1. The number of nitrogens with zero attached hydrogens (tertiary/aromatic N) is 2. The normalized spacial score (nSPS) is 29.7. The lowest BCUT2D eigenvalue weighted by molar-refractivity contribution is 0.123. The van der Waals surface area contributed by atoms with Crippen LogP contribution in [0.1, 0.15) is 25.7 Å². The zero-order valence-corrected chi connectivity index (χ0v) is 14.5. The maximum atomic E-state index is 3.68. The van der Waals surface area contributed by atoms with Crippen molar-refractivity contribution in [2.24, 2.45) is 5.92 Å². The Morgan fingerprint density at radius 2 is 1.84 bits per heavy atom. The van der Waals surface area contributed by atoms with Gasteiger partial charge >= 0.3 is 0 Å². The summed E-state index contributed by atoms with van der Waals surface area (Å²) in [5.41, 5.74) is 0. The third-order valence-corrected chi connectivity index (χ3v) is 5.51. The fraction of sp³-hybridized carbons (Fsp3) is 1.00. The summed E-state index contributed by atoms with van der Waals surface area (Å²) in [6, 6.07) is 1.58. The topological polar surface area (TPSA) is 30.5 Å². The Bertz CT molecular complexity index is 248. The van der Waals surface area contributed by atoms with Crippen molar-refractivity contribution >= 4 is 22.9 Å². The van der Waals surface area contributed by atoms with E-state index in [1.54, 1.807) is 0 Å². The first kappa shape index (κ1) is 15.9. The molecule has 0 amide bonds. The van der Waals surface area contributed by atoms with Crippen molar-refractivity contribution in [2.75, 3.05) is 46.8 Å². The van der Waals surface area contributed by atoms with E-state index in [1.165, 1.54) is 45.3 Å². The Hall–Kier alpha value is 0.570. The van der Waals surface area contributed by atoms with Gasteiger partial charge in [0.25, 0.3) is 0 Å². The highest BCUT2D eigenvalue weighted by Gasteiger charge is 2.29. The first-order valence-electron chi connectivity index (χ1n) is 7.66. The van der Waals surface area contributed by atoms with Gasteiger partial charge in [-0.2, -0.15) is 0 Å². The van der Waals surface area contributed by atoms with Gasteiger partial charge in [-0.3, -0.25) is 0 Å². The molecule has 2 fully saturated rings. The summed E-state index contributed by atoms with van der Waals surface area (Å²) in [4.78, 5) is 2.36. The molecule has 2 rings (SSSR count). The van der Waals surface area contributed by atoms with Gasteiger partial charge in [-0.1, -0.05) is 0 Å². The van der Waals surface area contributed by atoms with Gasteiger partial charge < -0.3 is 15.5 Å². The number of hydrogen-bond acceptors (Lipinski definition) is 4. The highest BCUT2D eigenvalue weighted by Crippen LogP contribution is 2.29. The van der Waals surface area contributed by atoms with E-state index in [0.717, 1.165) is 31.1 Å². The van der Waals surface area contributed by atoms with Crippen LogP contribution in [0.15, 0.2) is 0 Å². The van der Waals surface area contributed by atoms with Crippen LogP contribution >= 0.6 is 22.9 Å². The molecule has 0 radical (unpaired) electrons. The standard InChI is InChI=1S/C14H29IN4/c1-18(2)14-9-12(10-14)11-16-5-6-17-13-3-7-19(15)8-4-13/h12-14,16-17H,3-11H2,1-2H3. The van der Waals surface area contributed by atoms with E-state index in [-0.39, 0.29) is 0 Å². The molecule has 1 aliphatic carbocycles. The number of nitrogens with one attached hydrogen (secondary N) is 2. The van der Waals surface area contributed by atoms with E-state index in [4.69, 9.17) is 0 Å². The highest BCUT2D eigenvalue weighted by atomic mass is 127. The molecule has 5 heteroatoms. The molecule has 0 atom stereocenters. The molecule has 0 aromatic rings. The smallest absolute Gasteiger partial charge is 0.0201 e. The predicted octanol–water partition coefficient (Wildman–Crippen LogP) is 1.32. The molecule has 1 heterocycles. The van der Waals surface area contributed by atoms with Crippen molar-refractivity contribution < 1.29 is 0 Å². The van der Waals surface area contributed by atoms with Crippen molar-refractivity contribution in [2.45, 2.75) is 37.8 Å². The molecule has 0 unspecified atom stereocenters. The van der Waals surface area contributed by atoms with Crippen molar-refractivity contribution in [1.29, 1.82) is 0 Å². The van der Waals surface area contributed by atoms with Crippen molar-refractivity contribution in [1.82, 2.24) is 18.6 Å². The Balaban J connectivity index is 1.41. The largest absolute Gasteiger partial charge is 0.315 e. The van der Waals surface area contributed by atoms with Crippen LogP contribution in [-0.4, -0.2) is 66.9 Å². The van der Waals surface area contributed by atoms with Crippen molar-refractivity contribution in [3.05, 3.63) is 0 Å². The third kappa shape index (κ3) is 5.46. The number of piperidine rings is 1. The fourth-order valence-corrected chi connectivity index (χ4v) is 3.57. The van der Waals surface area contributed by atoms with Gasteiger partial charge in [0.2, 0.25) is 0 Å². The molecule has 1 saturated heterocycles. The van der Waals surface area contributed by atoms with Crippen LogP contribution in [0.5, 0.6) is 0 Å². The predicted molar refractivity (Wildman–Crippen MR) is 89.7 cm³/mol. The van der Waals surface area contributed by atoms with Gasteiger partial charge in [-0.15, -0.1) is 0 Å². The molecule has 19 heavy (non-hydrogen) atoms. The maximum Gasteiger partial charge on any atom is 0.0201 e. The summed E-state index contributed by atoms with van der Waals surface area (Å²) in [5, 5.41) is 7.28. The minimum absolute atomic E-state index is 0.745. The molecule has 2 N–H and O–H groups in total. The van der Waals surface area contributed by atoms with E-state index in [2.05, 4.69) is 55.6 Å². The lowest BCUT2D eigenvalue weighted by Gasteiger charge is -2.39. The summed E-state index contributed by atoms with van der Waals surface area (Å²) in [6.07, 6.45) is 5.36. The molecular weight excluding hydrogens is 351 g/mol. The maximum absolute atomic E-state index is 3.68. The van der Waals surface area contributed by atoms with E-state index in [1.807, 2.05) is 0 Å². The first-order valence-corrected chi connectivity index (χ1v) is 8.63. The molecule has 112 valence electrons. The zero-order valence-electron chi connectivity index (χ0n) is 12.4. The van der Waals surface area contributed by atoms with E-state index in [9.17, 15) is 0 Å². The first-order chi connectivity index (χ1) is 9.15. The Kier molecular flexibility index (Phi) is 6.82. The Morgan fingerprint density at radius 3 is 2.47 bits per heavy atom. The molecule has 0 bridgehead atoms. The second kappa shape index (κ2) is 8.12. The Labute approximate surface area is 132 Å². The van der Waals surface area contributed by atoms with Crippen LogP contribution < -0.4 is 10.6 Å². The van der Waals surface area contributed by atoms with Gasteiger partial charge in [-0.25, -0.2) is 3.11 Å². The second-order valence-electron chi connectivity index (χ2n) is 6.30. The van der Waals surface area contributed by atoms with Crippen LogP contribution in [0.2, 0.25) is 0 Å². The summed E-state index contributed by atoms with van der Waals surface area (Å²) in [7, 11) is 4.39. The minimum Gasteiger partial charge on any atom is -0.315 e. The summed E-state index contributed by atoms with van der Waals surface area (Å²) >= 11 is 2.43. The van der Waals surface area contributed by atoms with Crippen LogP contribution in [0.4, 0.5) is 0 Å². The van der Waals surface area contributed by atoms with Gasteiger partial charge in [0.05, 0.1) is 0 Å². The lowest BCUT2D eigenvalue weighted by atomic mass is 9.79. The average Bonchev–Trinajstić information content (AvgIpc) is 2.32. The van der Waals surface area contributed by atoms with Gasteiger partial charge in [0, 0.05) is 61.1 Å². The number of halogens is 1. The van der Waals surface area contributed by atoms with Gasteiger partial charge in [0.1, 0.15) is 0 Å². The van der Waals surface area contributed by atoms with Crippen LogP contribution in [-0.2, 0) is 0 Å². The monoisotopic (exact) mass is 380 g/mol.